The fraction of sp³-hybridized carbons (Fsp3) is 0.453. The van der Waals surface area contributed by atoms with Crippen molar-refractivity contribution in [2.24, 2.45) is 35.5 Å². The molecule has 13 rings (SSSR count). The molecular formula is C53H57NO2S. The molecule has 1 heterocycles. The van der Waals surface area contributed by atoms with Gasteiger partial charge in [-0.25, -0.2) is 4.98 Å². The van der Waals surface area contributed by atoms with Crippen LogP contribution in [0.25, 0.3) is 44.8 Å². The van der Waals surface area contributed by atoms with Gasteiger partial charge in [-0.3, -0.25) is 0 Å². The Balaban J connectivity index is 1.02. The van der Waals surface area contributed by atoms with Gasteiger partial charge in [0, 0.05) is 38.3 Å². The molecule has 2 N–H and O–H groups in total. The molecule has 0 spiro atoms. The van der Waals surface area contributed by atoms with Gasteiger partial charge in [-0.05, 0) is 190 Å². The van der Waals surface area contributed by atoms with E-state index in [-0.39, 0.29) is 10.8 Å². The highest BCUT2D eigenvalue weighted by Gasteiger charge is 2.54. The van der Waals surface area contributed by atoms with Crippen molar-refractivity contribution in [1.29, 1.82) is 0 Å². The second-order valence-corrected chi connectivity index (χ2v) is 21.2. The van der Waals surface area contributed by atoms with E-state index in [4.69, 9.17) is 4.98 Å². The molecule has 8 aliphatic rings. The fourth-order valence-electron chi connectivity index (χ4n) is 14.6. The summed E-state index contributed by atoms with van der Waals surface area (Å²) in [5.74, 6) is 6.75. The Bertz CT molecular complexity index is 2180. The molecule has 0 saturated heterocycles. The van der Waals surface area contributed by atoms with E-state index in [2.05, 4.69) is 106 Å². The highest BCUT2D eigenvalue weighted by atomic mass is 32.2. The van der Waals surface area contributed by atoms with Crippen LogP contribution in [0.15, 0.2) is 89.8 Å². The Hall–Kier alpha value is -4.02. The normalized spacial score (nSPS) is 30.6. The van der Waals surface area contributed by atoms with E-state index in [1.165, 1.54) is 104 Å². The van der Waals surface area contributed by atoms with Gasteiger partial charge in [0.05, 0.1) is 11.4 Å². The predicted octanol–water partition coefficient (Wildman–Crippen LogP) is 13.8. The van der Waals surface area contributed by atoms with Gasteiger partial charge in [0.15, 0.2) is 0 Å². The molecule has 5 aromatic rings. The second-order valence-electron chi connectivity index (χ2n) is 19.9. The van der Waals surface area contributed by atoms with Crippen molar-refractivity contribution < 1.29 is 10.2 Å². The molecule has 8 aliphatic carbocycles. The van der Waals surface area contributed by atoms with Crippen LogP contribution >= 0.6 is 11.8 Å². The monoisotopic (exact) mass is 771 g/mol. The van der Waals surface area contributed by atoms with Crippen molar-refractivity contribution in [2.75, 3.05) is 5.75 Å². The van der Waals surface area contributed by atoms with Gasteiger partial charge in [-0.1, -0.05) is 67.6 Å². The van der Waals surface area contributed by atoms with Crippen molar-refractivity contribution in [1.82, 2.24) is 4.98 Å². The predicted molar refractivity (Wildman–Crippen MR) is 235 cm³/mol. The molecule has 3 nitrogen and oxygen atoms in total. The number of thioether (sulfide) groups is 1. The molecule has 1 aromatic heterocycles. The van der Waals surface area contributed by atoms with E-state index in [0.717, 1.165) is 86.0 Å². The van der Waals surface area contributed by atoms with E-state index in [0.29, 0.717) is 11.5 Å². The molecule has 0 unspecified atom stereocenters. The number of hydrogen-bond acceptors (Lipinski definition) is 4. The Morgan fingerprint density at radius 3 is 1.21 bits per heavy atom. The third kappa shape index (κ3) is 6.01. The van der Waals surface area contributed by atoms with Crippen LogP contribution in [-0.4, -0.2) is 20.9 Å². The molecule has 8 saturated carbocycles. The second kappa shape index (κ2) is 13.5. The summed E-state index contributed by atoms with van der Waals surface area (Å²) in [6, 6.07) is 30.7. The summed E-state index contributed by atoms with van der Waals surface area (Å²) in [6.07, 6.45) is 15.6. The van der Waals surface area contributed by atoms with Crippen LogP contribution in [0.4, 0.5) is 0 Å². The number of pyridine rings is 1. The molecule has 8 fully saturated rings. The van der Waals surface area contributed by atoms with Crippen LogP contribution in [0.3, 0.4) is 0 Å². The van der Waals surface area contributed by atoms with Crippen molar-refractivity contribution >= 4 is 11.8 Å². The number of aromatic nitrogens is 1. The van der Waals surface area contributed by atoms with Gasteiger partial charge in [-0.15, -0.1) is 11.8 Å². The van der Waals surface area contributed by atoms with Gasteiger partial charge in [0.1, 0.15) is 11.5 Å². The van der Waals surface area contributed by atoms with Gasteiger partial charge < -0.3 is 10.2 Å². The topological polar surface area (TPSA) is 53.4 Å². The SMILES string of the molecule is CCSc1cc(-c2ccccc2-c2cc(C)cc(C34CC5CC(CC(C5)C3)C4)c2O)nc(-c2ccccc2-c2cc(C)cc(C34CC5CC(CC(C5)C3)C4)c2O)c1. The lowest BCUT2D eigenvalue weighted by molar-refractivity contribution is -0.00627. The zero-order valence-electron chi connectivity index (χ0n) is 34.0. The summed E-state index contributed by atoms with van der Waals surface area (Å²) < 4.78 is 0. The van der Waals surface area contributed by atoms with Crippen molar-refractivity contribution in [3.05, 3.63) is 107 Å². The zero-order valence-corrected chi connectivity index (χ0v) is 34.8. The summed E-state index contributed by atoms with van der Waals surface area (Å²) in [7, 11) is 0. The number of rotatable bonds is 8. The van der Waals surface area contributed by atoms with E-state index in [1.54, 1.807) is 0 Å². The lowest BCUT2D eigenvalue weighted by Gasteiger charge is -2.57. The summed E-state index contributed by atoms with van der Waals surface area (Å²) in [6.45, 7) is 6.62. The zero-order chi connectivity index (χ0) is 38.6. The molecule has 4 aromatic carbocycles. The summed E-state index contributed by atoms with van der Waals surface area (Å²) >= 11 is 1.84. The number of aromatic hydroxyl groups is 2. The van der Waals surface area contributed by atoms with Gasteiger partial charge in [0.25, 0.3) is 0 Å². The summed E-state index contributed by atoms with van der Waals surface area (Å²) in [5, 5.41) is 24.8. The van der Waals surface area contributed by atoms with E-state index < -0.39 is 0 Å². The number of aryl methyl sites for hydroxylation is 2. The molecule has 292 valence electrons. The average molecular weight is 772 g/mol. The number of hydrogen-bond donors (Lipinski definition) is 2. The van der Waals surface area contributed by atoms with Crippen LogP contribution < -0.4 is 0 Å². The lowest BCUT2D eigenvalue weighted by atomic mass is 9.48. The number of phenolic OH excluding ortho intramolecular Hbond substituents is 2. The maximum Gasteiger partial charge on any atom is 0.127 e. The molecule has 57 heavy (non-hydrogen) atoms. The third-order valence-corrected chi connectivity index (χ3v) is 16.7. The van der Waals surface area contributed by atoms with Crippen molar-refractivity contribution in [2.45, 2.75) is 114 Å². The van der Waals surface area contributed by atoms with Crippen LogP contribution in [0.1, 0.15) is 106 Å². The van der Waals surface area contributed by atoms with Crippen LogP contribution in [0.2, 0.25) is 0 Å². The minimum Gasteiger partial charge on any atom is -0.507 e. The first-order chi connectivity index (χ1) is 27.7. The molecule has 0 amide bonds. The molecule has 0 radical (unpaired) electrons. The molecule has 0 aliphatic heterocycles. The maximum absolute atomic E-state index is 12.4. The Morgan fingerprint density at radius 2 is 0.860 bits per heavy atom. The van der Waals surface area contributed by atoms with Crippen LogP contribution in [0, 0.1) is 49.4 Å². The quantitative estimate of drug-likeness (QED) is 0.154. The van der Waals surface area contributed by atoms with Gasteiger partial charge >= 0.3 is 0 Å². The molecule has 0 atom stereocenters. The average Bonchev–Trinajstić information content (AvgIpc) is 3.18. The first kappa shape index (κ1) is 36.1. The van der Waals surface area contributed by atoms with Gasteiger partial charge in [0.2, 0.25) is 0 Å². The number of nitrogens with zero attached hydrogens (tertiary/aromatic N) is 1. The smallest absolute Gasteiger partial charge is 0.127 e. The number of benzene rings is 4. The summed E-state index contributed by atoms with van der Waals surface area (Å²) in [4.78, 5) is 6.68. The molecule has 8 bridgehead atoms. The van der Waals surface area contributed by atoms with Crippen molar-refractivity contribution in [3.8, 4) is 56.3 Å². The highest BCUT2D eigenvalue weighted by Crippen LogP contribution is 2.64. The first-order valence-electron chi connectivity index (χ1n) is 22.2. The van der Waals surface area contributed by atoms with E-state index in [9.17, 15) is 10.2 Å². The van der Waals surface area contributed by atoms with E-state index >= 15 is 0 Å². The Labute approximate surface area is 343 Å². The summed E-state index contributed by atoms with van der Waals surface area (Å²) in [5.41, 5.74) is 12.8. The van der Waals surface area contributed by atoms with Crippen LogP contribution in [-0.2, 0) is 10.8 Å². The molecule has 4 heteroatoms. The standard InChI is InChI=1S/C53H57NO2S/c1-4-57-39-23-48(42-11-7-5-9-40(42)44-13-31(2)15-46(50(44)55)52-25-33-17-34(26-52)19-35(18-33)27-52)54-49(24-39)43-12-8-6-10-41(43)45-14-32(3)16-47(51(45)56)53-28-36-20-37(29-53)22-38(21-36)30-53/h5-16,23-24,33-38,55-56H,4,17-22,25-30H2,1-3H3. The third-order valence-electron chi connectivity index (χ3n) is 15.8. The Kier molecular flexibility index (Phi) is 8.56. The Morgan fingerprint density at radius 1 is 0.509 bits per heavy atom. The molecular weight excluding hydrogens is 715 g/mol. The lowest BCUT2D eigenvalue weighted by Crippen LogP contribution is -2.48. The largest absolute Gasteiger partial charge is 0.507 e. The number of phenols is 2. The fourth-order valence-corrected chi connectivity index (χ4v) is 15.3. The van der Waals surface area contributed by atoms with Gasteiger partial charge in [-0.2, -0.15) is 0 Å². The highest BCUT2D eigenvalue weighted by molar-refractivity contribution is 7.99. The first-order valence-corrected chi connectivity index (χ1v) is 23.2. The maximum atomic E-state index is 12.4. The van der Waals surface area contributed by atoms with Crippen molar-refractivity contribution in [3.63, 3.8) is 0 Å². The minimum absolute atomic E-state index is 0.0955. The van der Waals surface area contributed by atoms with Crippen LogP contribution in [0.5, 0.6) is 11.5 Å². The van der Waals surface area contributed by atoms with E-state index in [1.807, 2.05) is 11.8 Å². The minimum atomic E-state index is 0.0955.